The van der Waals surface area contributed by atoms with Crippen molar-refractivity contribution in [2.45, 2.75) is 18.8 Å². The Balaban J connectivity index is 1.66. The molecule has 0 radical (unpaired) electrons. The Morgan fingerprint density at radius 3 is 2.19 bits per heavy atom. The van der Waals surface area contributed by atoms with Crippen molar-refractivity contribution in [3.63, 3.8) is 0 Å². The zero-order valence-electron chi connectivity index (χ0n) is 20.7. The largest absolute Gasteiger partial charge is 0.493 e. The summed E-state index contributed by atoms with van der Waals surface area (Å²) in [7, 11) is 6.03. The number of fused-ring (bicyclic) bond motifs is 5. The number of carbonyl (C=O) groups excluding carboxylic acids is 2. The van der Waals surface area contributed by atoms with Crippen LogP contribution in [-0.2, 0) is 9.53 Å². The van der Waals surface area contributed by atoms with E-state index in [1.165, 1.54) is 7.11 Å². The van der Waals surface area contributed by atoms with Crippen molar-refractivity contribution in [3.8, 4) is 28.7 Å². The van der Waals surface area contributed by atoms with Gasteiger partial charge < -0.3 is 28.4 Å². The third-order valence-corrected chi connectivity index (χ3v) is 8.37. The second kappa shape index (κ2) is 8.18. The number of benzene rings is 2. The van der Waals surface area contributed by atoms with Gasteiger partial charge in [0.05, 0.1) is 39.8 Å². The molecule has 0 aromatic heterocycles. The number of Topliss-reactive ketones (excluding diaryl/α,β-unsaturated/α-hetero) is 1. The Kier molecular flexibility index (Phi) is 5.17. The molecule has 5 atom stereocenters. The zero-order chi connectivity index (χ0) is 25.2. The molecule has 2 aromatic carbocycles. The van der Waals surface area contributed by atoms with Crippen molar-refractivity contribution in [1.82, 2.24) is 0 Å². The molecule has 2 aromatic rings. The van der Waals surface area contributed by atoms with Crippen molar-refractivity contribution in [1.29, 1.82) is 0 Å². The van der Waals surface area contributed by atoms with E-state index in [0.29, 0.717) is 46.3 Å². The van der Waals surface area contributed by atoms with Gasteiger partial charge in [-0.2, -0.15) is 0 Å². The molecular weight excluding hydrogens is 464 g/mol. The molecule has 1 spiro atoms. The number of carbonyl (C=O) groups is 2. The van der Waals surface area contributed by atoms with E-state index in [1.54, 1.807) is 27.4 Å². The summed E-state index contributed by atoms with van der Waals surface area (Å²) in [5.41, 5.74) is 1.10. The normalized spacial score (nSPS) is 28.8. The summed E-state index contributed by atoms with van der Waals surface area (Å²) in [6, 6.07) is 7.30. The van der Waals surface area contributed by atoms with E-state index in [2.05, 4.69) is 12.2 Å². The van der Waals surface area contributed by atoms with Crippen molar-refractivity contribution < 1.29 is 38.0 Å². The van der Waals surface area contributed by atoms with Crippen LogP contribution in [-0.4, -0.2) is 47.0 Å². The highest BCUT2D eigenvalue weighted by Gasteiger charge is 2.65. The molecule has 0 unspecified atom stereocenters. The molecule has 1 heterocycles. The summed E-state index contributed by atoms with van der Waals surface area (Å²) in [4.78, 5) is 28.0. The molecule has 3 aliphatic carbocycles. The van der Waals surface area contributed by atoms with Crippen LogP contribution in [0.5, 0.6) is 28.7 Å². The first-order valence-corrected chi connectivity index (χ1v) is 12.0. The van der Waals surface area contributed by atoms with Crippen molar-refractivity contribution in [2.24, 2.45) is 23.2 Å². The van der Waals surface area contributed by atoms with Gasteiger partial charge in [0.2, 0.25) is 12.5 Å². The predicted molar refractivity (Wildman–Crippen MR) is 128 cm³/mol. The summed E-state index contributed by atoms with van der Waals surface area (Å²) >= 11 is 0. The topological polar surface area (TPSA) is 89.5 Å². The van der Waals surface area contributed by atoms with Gasteiger partial charge in [0, 0.05) is 11.5 Å². The molecule has 0 amide bonds. The number of hydrogen-bond donors (Lipinski definition) is 0. The number of hydrogen-bond acceptors (Lipinski definition) is 8. The predicted octanol–water partition coefficient (Wildman–Crippen LogP) is 4.14. The fourth-order valence-corrected chi connectivity index (χ4v) is 6.92. The lowest BCUT2D eigenvalue weighted by Gasteiger charge is -2.47. The molecule has 8 heteroatoms. The van der Waals surface area contributed by atoms with Gasteiger partial charge in [0.25, 0.3) is 0 Å². The summed E-state index contributed by atoms with van der Waals surface area (Å²) in [5.74, 6) is 0.971. The molecule has 6 rings (SSSR count). The first kappa shape index (κ1) is 22.8. The Hall–Kier alpha value is -3.68. The monoisotopic (exact) mass is 492 g/mol. The lowest BCUT2D eigenvalue weighted by atomic mass is 9.53. The Bertz CT molecular complexity index is 1270. The maximum atomic E-state index is 14.4. The second-order valence-corrected chi connectivity index (χ2v) is 9.79. The standard InChI is InChI=1S/C28H28O8/c1-31-21-8-15(9-22(32-2)25(21)33-3)23-17-10-19-20(36-13-35-19)11-18(17)26(29)28(24(23)27(30)34-4)12-14-5-6-16(28)7-14/h5-6,8-11,14,16,23-24H,7,12-13H2,1-4H3/t14-,16-,23-,24+,28+/m1/s1. The summed E-state index contributed by atoms with van der Waals surface area (Å²) in [5, 5.41) is 0. The lowest BCUT2D eigenvalue weighted by molar-refractivity contribution is -0.151. The zero-order valence-corrected chi connectivity index (χ0v) is 20.7. The van der Waals surface area contributed by atoms with Gasteiger partial charge in [-0.15, -0.1) is 0 Å². The second-order valence-electron chi connectivity index (χ2n) is 9.79. The lowest BCUT2D eigenvalue weighted by Crippen LogP contribution is -2.52. The number of methoxy groups -OCH3 is 4. The number of ether oxygens (including phenoxy) is 6. The van der Waals surface area contributed by atoms with Crippen LogP contribution in [0.15, 0.2) is 36.4 Å². The fourth-order valence-electron chi connectivity index (χ4n) is 6.92. The van der Waals surface area contributed by atoms with Gasteiger partial charge in [-0.1, -0.05) is 12.2 Å². The molecule has 36 heavy (non-hydrogen) atoms. The quantitative estimate of drug-likeness (QED) is 0.455. The molecule has 2 bridgehead atoms. The average molecular weight is 493 g/mol. The molecule has 0 N–H and O–H groups in total. The van der Waals surface area contributed by atoms with Crippen LogP contribution in [0.1, 0.15) is 40.2 Å². The summed E-state index contributed by atoms with van der Waals surface area (Å²) in [6.45, 7) is 0.0836. The van der Waals surface area contributed by atoms with Crippen LogP contribution in [0.3, 0.4) is 0 Å². The summed E-state index contributed by atoms with van der Waals surface area (Å²) < 4.78 is 33.5. The van der Waals surface area contributed by atoms with Crippen molar-refractivity contribution >= 4 is 11.8 Å². The van der Waals surface area contributed by atoms with E-state index in [-0.39, 0.29) is 24.4 Å². The molecule has 188 valence electrons. The van der Waals surface area contributed by atoms with Crippen LogP contribution in [0.4, 0.5) is 0 Å². The molecule has 0 saturated heterocycles. The van der Waals surface area contributed by atoms with E-state index in [9.17, 15) is 9.59 Å². The van der Waals surface area contributed by atoms with E-state index >= 15 is 0 Å². The SMILES string of the molecule is COC(=O)[C@@H]1[C@H](c2cc(OC)c(OC)c(OC)c2)c2cc3c(cc2C(=O)[C@]12C[C@@H]1C=C[C@@H]2C1)OCO3. The van der Waals surface area contributed by atoms with E-state index in [1.807, 2.05) is 18.2 Å². The molecule has 1 aliphatic heterocycles. The third kappa shape index (κ3) is 2.93. The summed E-state index contributed by atoms with van der Waals surface area (Å²) in [6.07, 6.45) is 5.72. The Morgan fingerprint density at radius 1 is 0.944 bits per heavy atom. The molecule has 4 aliphatic rings. The molecule has 1 saturated carbocycles. The molecular formula is C28H28O8. The van der Waals surface area contributed by atoms with Crippen molar-refractivity contribution in [2.75, 3.05) is 35.2 Å². The highest BCUT2D eigenvalue weighted by molar-refractivity contribution is 6.08. The van der Waals surface area contributed by atoms with Crippen molar-refractivity contribution in [3.05, 3.63) is 53.1 Å². The molecule has 1 fully saturated rings. The number of rotatable bonds is 5. The van der Waals surface area contributed by atoms with Gasteiger partial charge in [0.15, 0.2) is 28.8 Å². The van der Waals surface area contributed by atoms with Gasteiger partial charge in [0.1, 0.15) is 0 Å². The minimum Gasteiger partial charge on any atom is -0.493 e. The number of ketones is 1. The smallest absolute Gasteiger partial charge is 0.310 e. The number of allylic oxidation sites excluding steroid dienone is 2. The van der Waals surface area contributed by atoms with E-state index in [0.717, 1.165) is 12.0 Å². The first-order chi connectivity index (χ1) is 17.5. The first-order valence-electron chi connectivity index (χ1n) is 12.0. The van der Waals surface area contributed by atoms with Gasteiger partial charge >= 0.3 is 5.97 Å². The fraction of sp³-hybridized carbons (Fsp3) is 0.429. The third-order valence-electron chi connectivity index (χ3n) is 8.37. The maximum absolute atomic E-state index is 14.4. The number of esters is 1. The Morgan fingerprint density at radius 2 is 1.64 bits per heavy atom. The van der Waals surface area contributed by atoms with Crippen LogP contribution in [0.25, 0.3) is 0 Å². The van der Waals surface area contributed by atoms with Gasteiger partial charge in [-0.25, -0.2) is 0 Å². The van der Waals surface area contributed by atoms with Gasteiger partial charge in [-0.05, 0) is 60.1 Å². The van der Waals surface area contributed by atoms with E-state index in [4.69, 9.17) is 28.4 Å². The van der Waals surface area contributed by atoms with Gasteiger partial charge in [-0.3, -0.25) is 9.59 Å². The highest BCUT2D eigenvalue weighted by atomic mass is 16.7. The minimum atomic E-state index is -0.918. The van der Waals surface area contributed by atoms with Crippen LogP contribution in [0.2, 0.25) is 0 Å². The maximum Gasteiger partial charge on any atom is 0.310 e. The van der Waals surface area contributed by atoms with Crippen LogP contribution >= 0.6 is 0 Å². The molecule has 8 nitrogen and oxygen atoms in total. The van der Waals surface area contributed by atoms with E-state index < -0.39 is 23.2 Å². The average Bonchev–Trinajstić information content (AvgIpc) is 3.65. The Labute approximate surface area is 209 Å². The minimum absolute atomic E-state index is 0.0354. The van der Waals surface area contributed by atoms with Crippen LogP contribution < -0.4 is 23.7 Å². The van der Waals surface area contributed by atoms with Crippen LogP contribution in [0, 0.1) is 23.2 Å². The highest BCUT2D eigenvalue weighted by Crippen LogP contribution is 2.65.